The summed E-state index contributed by atoms with van der Waals surface area (Å²) in [5.74, 6) is 0.143. The van der Waals surface area contributed by atoms with Gasteiger partial charge < -0.3 is 14.9 Å². The van der Waals surface area contributed by atoms with Gasteiger partial charge in [0, 0.05) is 42.5 Å². The smallest absolute Gasteiger partial charge is 0.293 e. The third kappa shape index (κ3) is 5.07. The first-order valence-electron chi connectivity index (χ1n) is 11.7. The molecule has 198 valence electrons. The molecule has 1 aliphatic heterocycles. The zero-order valence-corrected chi connectivity index (χ0v) is 22.6. The maximum Gasteiger partial charge on any atom is 0.293 e. The molecule has 0 aliphatic carbocycles. The lowest BCUT2D eigenvalue weighted by Crippen LogP contribution is -2.33. The molecule has 10 nitrogen and oxygen atoms in total. The van der Waals surface area contributed by atoms with E-state index in [1.807, 2.05) is 0 Å². The number of benzene rings is 2. The van der Waals surface area contributed by atoms with E-state index in [1.54, 1.807) is 36.4 Å². The molecule has 0 spiro atoms. The molecule has 0 saturated carbocycles. The number of aromatic nitrogens is 3. The van der Waals surface area contributed by atoms with E-state index in [0.29, 0.717) is 59.4 Å². The maximum atomic E-state index is 13.3. The second-order valence-corrected chi connectivity index (χ2v) is 11.2. The SMILES string of the molecule is COn1c(=O)c(-c2c(Cl)cccc2Cl)cc2cnc(Nc3cccc(S(=O)(=O)N4CCCOCC4)c3)nc21. The number of hydrogen-bond acceptors (Lipinski definition) is 8. The number of pyridine rings is 1. The molecule has 1 aliphatic rings. The Labute approximate surface area is 228 Å². The number of fused-ring (bicyclic) bond motifs is 1. The summed E-state index contributed by atoms with van der Waals surface area (Å²) in [6, 6.07) is 13.0. The van der Waals surface area contributed by atoms with Gasteiger partial charge in [-0.15, -0.1) is 4.73 Å². The fraction of sp³-hybridized carbons (Fsp3) is 0.240. The molecule has 0 unspecified atom stereocenters. The number of anilines is 2. The van der Waals surface area contributed by atoms with Crippen LogP contribution in [0.4, 0.5) is 11.6 Å². The second-order valence-electron chi connectivity index (χ2n) is 8.43. The van der Waals surface area contributed by atoms with E-state index in [1.165, 1.54) is 29.7 Å². The molecule has 4 aromatic rings. The van der Waals surface area contributed by atoms with Gasteiger partial charge in [-0.25, -0.2) is 13.4 Å². The Kier molecular flexibility index (Phi) is 7.55. The Morgan fingerprint density at radius 2 is 1.82 bits per heavy atom. The topological polar surface area (TPSA) is 116 Å². The Hall–Kier alpha value is -3.22. The van der Waals surface area contributed by atoms with Crippen LogP contribution in [-0.2, 0) is 14.8 Å². The quantitative estimate of drug-likeness (QED) is 0.367. The minimum Gasteiger partial charge on any atom is -0.412 e. The number of nitrogens with one attached hydrogen (secondary N) is 1. The number of ether oxygens (including phenoxy) is 1. The molecule has 1 fully saturated rings. The van der Waals surface area contributed by atoms with Crippen molar-refractivity contribution in [3.8, 4) is 11.1 Å². The van der Waals surface area contributed by atoms with Gasteiger partial charge >= 0.3 is 0 Å². The summed E-state index contributed by atoms with van der Waals surface area (Å²) in [6.45, 7) is 1.58. The van der Waals surface area contributed by atoms with Crippen LogP contribution in [0.25, 0.3) is 22.2 Å². The molecule has 0 amide bonds. The van der Waals surface area contributed by atoms with Crippen molar-refractivity contribution in [2.24, 2.45) is 0 Å². The third-order valence-corrected chi connectivity index (χ3v) is 8.55. The molecule has 13 heteroatoms. The number of rotatable bonds is 6. The Morgan fingerprint density at radius 3 is 2.58 bits per heavy atom. The number of hydrogen-bond donors (Lipinski definition) is 1. The number of nitrogens with zero attached hydrogens (tertiary/aromatic N) is 4. The second kappa shape index (κ2) is 10.9. The third-order valence-electron chi connectivity index (χ3n) is 6.03. The lowest BCUT2D eigenvalue weighted by atomic mass is 10.1. The van der Waals surface area contributed by atoms with Crippen LogP contribution in [0.1, 0.15) is 6.42 Å². The van der Waals surface area contributed by atoms with Crippen molar-refractivity contribution in [3.05, 3.63) is 75.1 Å². The average molecular weight is 576 g/mol. The first-order valence-corrected chi connectivity index (χ1v) is 13.9. The van der Waals surface area contributed by atoms with Gasteiger partial charge in [0.25, 0.3) is 5.56 Å². The summed E-state index contributed by atoms with van der Waals surface area (Å²) in [5.41, 5.74) is 0.771. The van der Waals surface area contributed by atoms with Crippen LogP contribution >= 0.6 is 23.2 Å². The van der Waals surface area contributed by atoms with Crippen molar-refractivity contribution < 1.29 is 18.0 Å². The van der Waals surface area contributed by atoms with Gasteiger partial charge in [-0.1, -0.05) is 35.3 Å². The van der Waals surface area contributed by atoms with Gasteiger partial charge in [-0.2, -0.15) is 9.29 Å². The highest BCUT2D eigenvalue weighted by atomic mass is 35.5. The summed E-state index contributed by atoms with van der Waals surface area (Å²) in [5, 5.41) is 4.15. The van der Waals surface area contributed by atoms with Crippen molar-refractivity contribution in [2.75, 3.05) is 38.7 Å². The van der Waals surface area contributed by atoms with Crippen LogP contribution in [0.3, 0.4) is 0 Å². The molecule has 3 heterocycles. The fourth-order valence-electron chi connectivity index (χ4n) is 4.21. The van der Waals surface area contributed by atoms with Crippen LogP contribution in [0.15, 0.2) is 64.4 Å². The summed E-state index contributed by atoms with van der Waals surface area (Å²) >= 11 is 12.7. The zero-order chi connectivity index (χ0) is 26.9. The Morgan fingerprint density at radius 1 is 1.05 bits per heavy atom. The van der Waals surface area contributed by atoms with E-state index in [9.17, 15) is 13.2 Å². The van der Waals surface area contributed by atoms with Crippen molar-refractivity contribution in [1.29, 1.82) is 0 Å². The average Bonchev–Trinajstić information content (AvgIpc) is 3.20. The Balaban J connectivity index is 1.50. The standard InChI is InChI=1S/C25H23Cl2N5O5S/c1-36-32-23-16(13-19(24(32)33)22-20(26)7-3-8-21(22)27)15-28-25(30-23)29-17-5-2-6-18(14-17)38(34,35)31-9-4-11-37-12-10-31/h2-3,5-8,13-15H,4,9-12H2,1H3,(H,28,29,30). The highest BCUT2D eigenvalue weighted by Crippen LogP contribution is 2.34. The minimum atomic E-state index is -3.70. The highest BCUT2D eigenvalue weighted by molar-refractivity contribution is 7.89. The van der Waals surface area contributed by atoms with Gasteiger partial charge in [0.1, 0.15) is 7.11 Å². The molecule has 0 atom stereocenters. The summed E-state index contributed by atoms with van der Waals surface area (Å²) in [4.78, 5) is 27.6. The van der Waals surface area contributed by atoms with Crippen LogP contribution in [-0.4, -0.2) is 60.8 Å². The molecule has 38 heavy (non-hydrogen) atoms. The van der Waals surface area contributed by atoms with Gasteiger partial charge in [0.15, 0.2) is 5.65 Å². The van der Waals surface area contributed by atoms with Crippen LogP contribution in [0.5, 0.6) is 0 Å². The van der Waals surface area contributed by atoms with Crippen LogP contribution in [0.2, 0.25) is 10.0 Å². The largest absolute Gasteiger partial charge is 0.412 e. The Bertz CT molecular complexity index is 1650. The first kappa shape index (κ1) is 26.4. The lowest BCUT2D eigenvalue weighted by molar-refractivity contribution is 0.148. The van der Waals surface area contributed by atoms with E-state index < -0.39 is 15.6 Å². The van der Waals surface area contributed by atoms with E-state index in [-0.39, 0.29) is 22.1 Å². The van der Waals surface area contributed by atoms with E-state index in [0.717, 1.165) is 4.73 Å². The highest BCUT2D eigenvalue weighted by Gasteiger charge is 2.25. The normalized spacial score (nSPS) is 14.8. The summed E-state index contributed by atoms with van der Waals surface area (Å²) < 4.78 is 34.2. The van der Waals surface area contributed by atoms with E-state index in [2.05, 4.69) is 15.3 Å². The molecule has 1 N–H and O–H groups in total. The van der Waals surface area contributed by atoms with Gasteiger partial charge in [0.05, 0.1) is 27.1 Å². The van der Waals surface area contributed by atoms with Gasteiger partial charge in [0.2, 0.25) is 16.0 Å². The molecular weight excluding hydrogens is 553 g/mol. The maximum absolute atomic E-state index is 13.3. The van der Waals surface area contributed by atoms with Crippen molar-refractivity contribution in [2.45, 2.75) is 11.3 Å². The molecule has 1 saturated heterocycles. The van der Waals surface area contributed by atoms with Crippen molar-refractivity contribution in [1.82, 2.24) is 19.0 Å². The zero-order valence-electron chi connectivity index (χ0n) is 20.2. The number of halogens is 2. The molecular formula is C25H23Cl2N5O5S. The molecule has 5 rings (SSSR count). The molecule has 2 aromatic carbocycles. The van der Waals surface area contributed by atoms with Crippen molar-refractivity contribution in [3.63, 3.8) is 0 Å². The minimum absolute atomic E-state index is 0.139. The first-order chi connectivity index (χ1) is 18.3. The molecule has 0 radical (unpaired) electrons. The van der Waals surface area contributed by atoms with Crippen LogP contribution in [0, 0.1) is 0 Å². The molecule has 0 bridgehead atoms. The monoisotopic (exact) mass is 575 g/mol. The van der Waals surface area contributed by atoms with E-state index >= 15 is 0 Å². The number of sulfonamides is 1. The lowest BCUT2D eigenvalue weighted by Gasteiger charge is -2.19. The van der Waals surface area contributed by atoms with Gasteiger partial charge in [-0.05, 0) is 42.8 Å². The van der Waals surface area contributed by atoms with E-state index in [4.69, 9.17) is 32.8 Å². The van der Waals surface area contributed by atoms with Gasteiger partial charge in [-0.3, -0.25) is 4.79 Å². The van der Waals surface area contributed by atoms with Crippen molar-refractivity contribution >= 4 is 55.9 Å². The van der Waals surface area contributed by atoms with Crippen LogP contribution < -0.4 is 15.7 Å². The molecule has 2 aromatic heterocycles. The fourth-order valence-corrected chi connectivity index (χ4v) is 6.32. The predicted molar refractivity (Wildman–Crippen MR) is 146 cm³/mol. The predicted octanol–water partition coefficient (Wildman–Crippen LogP) is 3.98. The summed E-state index contributed by atoms with van der Waals surface area (Å²) in [7, 11) is -2.36. The summed E-state index contributed by atoms with van der Waals surface area (Å²) in [6.07, 6.45) is 2.15.